The second-order valence-corrected chi connectivity index (χ2v) is 10.1. The first-order valence-electron chi connectivity index (χ1n) is 10.6. The van der Waals surface area contributed by atoms with Crippen molar-refractivity contribution in [3.63, 3.8) is 0 Å². The van der Waals surface area contributed by atoms with E-state index < -0.39 is 46.5 Å². The third-order valence-electron chi connectivity index (χ3n) is 5.49. The van der Waals surface area contributed by atoms with Gasteiger partial charge >= 0.3 is 6.09 Å². The Morgan fingerprint density at radius 1 is 1.20 bits per heavy atom. The summed E-state index contributed by atoms with van der Waals surface area (Å²) in [5.41, 5.74) is 0.222. The topological polar surface area (TPSA) is 114 Å². The number of alkyl halides is 2. The van der Waals surface area contributed by atoms with Crippen molar-refractivity contribution >= 4 is 33.4 Å². The third kappa shape index (κ3) is 5.61. The molecule has 2 atom stereocenters. The Labute approximate surface area is 199 Å². The summed E-state index contributed by atoms with van der Waals surface area (Å²) < 4.78 is 77.8. The molecular formula is C22H22F3N3O6S. The number of anilines is 2. The van der Waals surface area contributed by atoms with Crippen LogP contribution in [0.1, 0.15) is 13.3 Å². The second kappa shape index (κ2) is 9.29. The number of halogens is 3. The first-order chi connectivity index (χ1) is 16.5. The monoisotopic (exact) mass is 513 g/mol. The molecule has 1 heterocycles. The zero-order valence-corrected chi connectivity index (χ0v) is 19.3. The van der Waals surface area contributed by atoms with Gasteiger partial charge in [0, 0.05) is 19.0 Å². The Morgan fingerprint density at radius 2 is 1.89 bits per heavy atom. The molecule has 1 aliphatic carbocycles. The molecule has 4 rings (SSSR count). The van der Waals surface area contributed by atoms with E-state index in [1.807, 2.05) is 0 Å². The molecule has 1 fully saturated rings. The number of carbonyl (C=O) groups is 2. The number of hydrogen-bond donors (Lipinski definition) is 2. The summed E-state index contributed by atoms with van der Waals surface area (Å²) in [6.45, 7) is 0.716. The number of nitrogens with zero attached hydrogens (tertiary/aromatic N) is 1. The van der Waals surface area contributed by atoms with Crippen LogP contribution in [0.25, 0.3) is 0 Å². The summed E-state index contributed by atoms with van der Waals surface area (Å²) in [7, 11) is -4.19. The highest BCUT2D eigenvalue weighted by atomic mass is 32.2. The fraction of sp³-hybridized carbons (Fsp3) is 0.364. The van der Waals surface area contributed by atoms with E-state index in [1.54, 1.807) is 0 Å². The van der Waals surface area contributed by atoms with Gasteiger partial charge in [0.25, 0.3) is 15.9 Å². The van der Waals surface area contributed by atoms with Gasteiger partial charge in [-0.15, -0.1) is 0 Å². The highest BCUT2D eigenvalue weighted by molar-refractivity contribution is 7.92. The van der Waals surface area contributed by atoms with Crippen LogP contribution >= 0.6 is 0 Å². The van der Waals surface area contributed by atoms with Crippen molar-refractivity contribution < 1.29 is 40.7 Å². The molecule has 0 spiro atoms. The molecule has 2 aromatic carbocycles. The molecule has 1 saturated carbocycles. The number of amides is 2. The SMILES string of the molecule is CC(=O)NCC1CN(S(=O)(=O)c2ccc(F)cc2)c2cc(NC(=O)OCC3CC3(F)F)ccc2O1. The summed E-state index contributed by atoms with van der Waals surface area (Å²) in [6, 6.07) is 8.45. The molecule has 0 aromatic heterocycles. The van der Waals surface area contributed by atoms with Crippen molar-refractivity contribution in [1.29, 1.82) is 0 Å². The molecule has 2 unspecified atom stereocenters. The van der Waals surface area contributed by atoms with Crippen LogP contribution in [-0.2, 0) is 19.6 Å². The van der Waals surface area contributed by atoms with Crippen LogP contribution in [-0.4, -0.2) is 52.1 Å². The average Bonchev–Trinajstić information content (AvgIpc) is 3.42. The Kier molecular flexibility index (Phi) is 6.54. The summed E-state index contributed by atoms with van der Waals surface area (Å²) in [5, 5.41) is 4.96. The Hall–Kier alpha value is -3.48. The lowest BCUT2D eigenvalue weighted by Gasteiger charge is -2.35. The van der Waals surface area contributed by atoms with Crippen molar-refractivity contribution in [2.75, 3.05) is 29.3 Å². The van der Waals surface area contributed by atoms with E-state index in [0.29, 0.717) is 0 Å². The van der Waals surface area contributed by atoms with Crippen LogP contribution in [0, 0.1) is 11.7 Å². The minimum absolute atomic E-state index is 0.0301. The van der Waals surface area contributed by atoms with Crippen molar-refractivity contribution in [3.8, 4) is 5.75 Å². The third-order valence-corrected chi connectivity index (χ3v) is 7.28. The standard InChI is InChI=1S/C22H22F3N3O6S/c1-13(29)26-10-17-11-28(35(31,32)18-5-2-15(23)3-6-18)19-8-16(4-7-20(19)34-17)27-21(30)33-12-14-9-22(14,24)25/h2-8,14,17H,9-12H2,1H3,(H,26,29)(H,27,30). The number of nitrogens with one attached hydrogen (secondary N) is 2. The molecule has 188 valence electrons. The van der Waals surface area contributed by atoms with E-state index >= 15 is 0 Å². The second-order valence-electron chi connectivity index (χ2n) is 8.24. The zero-order chi connectivity index (χ0) is 25.4. The number of fused-ring (bicyclic) bond motifs is 1. The van der Waals surface area contributed by atoms with Gasteiger partial charge in [0.1, 0.15) is 24.3 Å². The molecule has 2 amide bonds. The van der Waals surface area contributed by atoms with Crippen molar-refractivity contribution in [3.05, 3.63) is 48.3 Å². The van der Waals surface area contributed by atoms with E-state index in [4.69, 9.17) is 9.47 Å². The van der Waals surface area contributed by atoms with Gasteiger partial charge in [-0.05, 0) is 42.5 Å². The number of hydrogen-bond acceptors (Lipinski definition) is 6. The summed E-state index contributed by atoms with van der Waals surface area (Å²) in [5.74, 6) is -4.61. The lowest BCUT2D eigenvalue weighted by molar-refractivity contribution is -0.119. The van der Waals surface area contributed by atoms with Crippen molar-refractivity contribution in [1.82, 2.24) is 5.32 Å². The minimum Gasteiger partial charge on any atom is -0.484 e. The highest BCUT2D eigenvalue weighted by Crippen LogP contribution is 2.48. The van der Waals surface area contributed by atoms with Gasteiger partial charge in [-0.1, -0.05) is 0 Å². The fourth-order valence-corrected chi connectivity index (χ4v) is 4.99. The summed E-state index contributed by atoms with van der Waals surface area (Å²) in [6.07, 6.45) is -2.04. The van der Waals surface area contributed by atoms with Crippen molar-refractivity contribution in [2.24, 2.45) is 5.92 Å². The molecule has 0 bridgehead atoms. The van der Waals surface area contributed by atoms with Gasteiger partial charge in [0.05, 0.1) is 29.6 Å². The molecule has 35 heavy (non-hydrogen) atoms. The van der Waals surface area contributed by atoms with E-state index in [0.717, 1.165) is 28.6 Å². The molecule has 1 aliphatic heterocycles. The number of benzene rings is 2. The van der Waals surface area contributed by atoms with Crippen LogP contribution < -0.4 is 19.7 Å². The Morgan fingerprint density at radius 3 is 2.51 bits per heavy atom. The lowest BCUT2D eigenvalue weighted by Crippen LogP contribution is -2.48. The van der Waals surface area contributed by atoms with E-state index in [2.05, 4.69) is 10.6 Å². The maximum absolute atomic E-state index is 13.4. The number of carbonyl (C=O) groups excluding carboxylic acids is 2. The largest absolute Gasteiger partial charge is 0.484 e. The minimum atomic E-state index is -4.19. The number of sulfonamides is 1. The normalized spacial score (nSPS) is 20.3. The van der Waals surface area contributed by atoms with E-state index in [9.17, 15) is 31.2 Å². The number of rotatable bonds is 7. The van der Waals surface area contributed by atoms with Gasteiger partial charge in [-0.3, -0.25) is 14.4 Å². The molecular weight excluding hydrogens is 491 g/mol. The summed E-state index contributed by atoms with van der Waals surface area (Å²) in [4.78, 5) is 23.2. The van der Waals surface area contributed by atoms with Crippen LogP contribution in [0.5, 0.6) is 5.75 Å². The van der Waals surface area contributed by atoms with Gasteiger partial charge < -0.3 is 14.8 Å². The Bertz CT molecular complexity index is 1240. The molecule has 2 aliphatic rings. The fourth-order valence-electron chi connectivity index (χ4n) is 3.50. The zero-order valence-electron chi connectivity index (χ0n) is 18.5. The van der Waals surface area contributed by atoms with Crippen LogP contribution in [0.3, 0.4) is 0 Å². The summed E-state index contributed by atoms with van der Waals surface area (Å²) >= 11 is 0. The van der Waals surface area contributed by atoms with E-state index in [-0.39, 0.29) is 47.4 Å². The molecule has 2 N–H and O–H groups in total. The molecule has 0 radical (unpaired) electrons. The first-order valence-corrected chi connectivity index (χ1v) is 12.0. The van der Waals surface area contributed by atoms with Crippen molar-refractivity contribution in [2.45, 2.75) is 30.3 Å². The maximum atomic E-state index is 13.4. The molecule has 9 nitrogen and oxygen atoms in total. The van der Waals surface area contributed by atoms with Gasteiger partial charge in [0.15, 0.2) is 0 Å². The highest BCUT2D eigenvalue weighted by Gasteiger charge is 2.57. The average molecular weight is 513 g/mol. The molecule has 13 heteroatoms. The predicted molar refractivity (Wildman–Crippen MR) is 118 cm³/mol. The lowest BCUT2D eigenvalue weighted by atomic mass is 10.2. The predicted octanol–water partition coefficient (Wildman–Crippen LogP) is 3.12. The first kappa shape index (κ1) is 24.6. The Balaban J connectivity index is 1.58. The maximum Gasteiger partial charge on any atom is 0.411 e. The number of ether oxygens (including phenoxy) is 2. The van der Waals surface area contributed by atoms with Crippen LogP contribution in [0.2, 0.25) is 0 Å². The van der Waals surface area contributed by atoms with Gasteiger partial charge in [-0.2, -0.15) is 0 Å². The van der Waals surface area contributed by atoms with Crippen LogP contribution in [0.4, 0.5) is 29.3 Å². The van der Waals surface area contributed by atoms with E-state index in [1.165, 1.54) is 25.1 Å². The molecule has 0 saturated heterocycles. The van der Waals surface area contributed by atoms with Crippen LogP contribution in [0.15, 0.2) is 47.4 Å². The van der Waals surface area contributed by atoms with Gasteiger partial charge in [0.2, 0.25) is 5.91 Å². The van der Waals surface area contributed by atoms with Gasteiger partial charge in [-0.25, -0.2) is 26.4 Å². The smallest absolute Gasteiger partial charge is 0.411 e. The molecule has 2 aromatic rings. The quantitative estimate of drug-likeness (QED) is 0.588.